The van der Waals surface area contributed by atoms with E-state index in [0.717, 1.165) is 18.8 Å². The summed E-state index contributed by atoms with van der Waals surface area (Å²) in [5.74, 6) is 0. The highest BCUT2D eigenvalue weighted by Gasteiger charge is 2.31. The molecule has 0 spiro atoms. The molecule has 0 aliphatic carbocycles. The Kier molecular flexibility index (Phi) is 3.64. The average molecular weight is 234 g/mol. The lowest BCUT2D eigenvalue weighted by Gasteiger charge is -2.40. The number of rotatable bonds is 3. The van der Waals surface area contributed by atoms with Crippen molar-refractivity contribution in [2.24, 2.45) is 0 Å². The number of likely N-dealkylation sites (tertiary alicyclic amines) is 1. The Morgan fingerprint density at radius 2 is 2.00 bits per heavy atom. The number of carbonyl (C=O) groups excluding carboxylic acids is 1. The highest BCUT2D eigenvalue weighted by molar-refractivity contribution is 5.84. The molecule has 4 nitrogen and oxygen atoms in total. The molecule has 4 heteroatoms. The molecule has 0 atom stereocenters. The van der Waals surface area contributed by atoms with Gasteiger partial charge >= 0.3 is 6.09 Å². The molecule has 0 aromatic heterocycles. The summed E-state index contributed by atoms with van der Waals surface area (Å²) in [6.45, 7) is 5.94. The number of para-hydroxylation sites is 1. The quantitative estimate of drug-likeness (QED) is 0.872. The summed E-state index contributed by atoms with van der Waals surface area (Å²) in [5.41, 5.74) is 0.762. The third kappa shape index (κ3) is 3.20. The Labute approximate surface area is 102 Å². The predicted octanol–water partition coefficient (Wildman–Crippen LogP) is 2.33. The summed E-state index contributed by atoms with van der Waals surface area (Å²) in [7, 11) is 0. The normalized spacial score (nSPS) is 16.6. The van der Waals surface area contributed by atoms with Gasteiger partial charge in [0.15, 0.2) is 0 Å². The smallest absolute Gasteiger partial charge is 0.411 e. The van der Waals surface area contributed by atoms with Gasteiger partial charge in [-0.05, 0) is 26.0 Å². The predicted molar refractivity (Wildman–Crippen MR) is 67.0 cm³/mol. The first-order valence-electron chi connectivity index (χ1n) is 5.92. The van der Waals surface area contributed by atoms with Crippen LogP contribution in [0.4, 0.5) is 10.5 Å². The van der Waals surface area contributed by atoms with E-state index in [9.17, 15) is 4.79 Å². The van der Waals surface area contributed by atoms with Gasteiger partial charge in [0.2, 0.25) is 0 Å². The molecule has 1 saturated heterocycles. The van der Waals surface area contributed by atoms with Gasteiger partial charge in [0.25, 0.3) is 0 Å². The van der Waals surface area contributed by atoms with Crippen LogP contribution in [-0.2, 0) is 4.74 Å². The molecule has 17 heavy (non-hydrogen) atoms. The van der Waals surface area contributed by atoms with Crippen molar-refractivity contribution in [3.63, 3.8) is 0 Å². The van der Waals surface area contributed by atoms with Gasteiger partial charge in [0, 0.05) is 24.8 Å². The zero-order chi connectivity index (χ0) is 12.3. The van der Waals surface area contributed by atoms with Crippen molar-refractivity contribution in [2.75, 3.05) is 18.4 Å². The SMILES string of the molecule is CC(C)N1CC(OC(=O)Nc2ccccc2)C1. The lowest BCUT2D eigenvalue weighted by molar-refractivity contribution is -0.0234. The van der Waals surface area contributed by atoms with Crippen molar-refractivity contribution >= 4 is 11.8 Å². The first-order chi connectivity index (χ1) is 8.15. The second-order valence-corrected chi connectivity index (χ2v) is 4.57. The summed E-state index contributed by atoms with van der Waals surface area (Å²) in [5, 5.41) is 2.71. The van der Waals surface area contributed by atoms with Crippen molar-refractivity contribution in [2.45, 2.75) is 26.0 Å². The fraction of sp³-hybridized carbons (Fsp3) is 0.462. The van der Waals surface area contributed by atoms with Gasteiger partial charge in [0.05, 0.1) is 0 Å². The Balaban J connectivity index is 1.73. The van der Waals surface area contributed by atoms with Crippen molar-refractivity contribution in [3.05, 3.63) is 30.3 Å². The van der Waals surface area contributed by atoms with E-state index < -0.39 is 0 Å². The molecule has 0 unspecified atom stereocenters. The van der Waals surface area contributed by atoms with Crippen molar-refractivity contribution in [1.82, 2.24) is 4.90 Å². The molecule has 1 aliphatic heterocycles. The molecule has 1 amide bonds. The van der Waals surface area contributed by atoms with Crippen LogP contribution in [-0.4, -0.2) is 36.2 Å². The van der Waals surface area contributed by atoms with Gasteiger partial charge in [-0.1, -0.05) is 18.2 Å². The summed E-state index contributed by atoms with van der Waals surface area (Å²) in [4.78, 5) is 13.8. The van der Waals surface area contributed by atoms with Gasteiger partial charge in [-0.15, -0.1) is 0 Å². The summed E-state index contributed by atoms with van der Waals surface area (Å²) in [6, 6.07) is 9.85. The number of amides is 1. The minimum atomic E-state index is -0.371. The number of nitrogens with zero attached hydrogens (tertiary/aromatic N) is 1. The summed E-state index contributed by atoms with van der Waals surface area (Å²) >= 11 is 0. The van der Waals surface area contributed by atoms with Crippen molar-refractivity contribution in [1.29, 1.82) is 0 Å². The van der Waals surface area contributed by atoms with Gasteiger partial charge in [-0.2, -0.15) is 0 Å². The van der Waals surface area contributed by atoms with Crippen molar-refractivity contribution < 1.29 is 9.53 Å². The Morgan fingerprint density at radius 1 is 1.35 bits per heavy atom. The molecule has 1 heterocycles. The molecule has 0 radical (unpaired) electrons. The monoisotopic (exact) mass is 234 g/mol. The highest BCUT2D eigenvalue weighted by atomic mass is 16.6. The summed E-state index contributed by atoms with van der Waals surface area (Å²) < 4.78 is 5.28. The molecule has 1 aromatic carbocycles. The number of anilines is 1. The summed E-state index contributed by atoms with van der Waals surface area (Å²) in [6.07, 6.45) is -0.342. The van der Waals surface area contributed by atoms with Crippen LogP contribution in [0.25, 0.3) is 0 Å². The third-order valence-corrected chi connectivity index (χ3v) is 2.90. The number of carbonyl (C=O) groups is 1. The van der Waals surface area contributed by atoms with Gasteiger partial charge in [0.1, 0.15) is 6.10 Å². The third-order valence-electron chi connectivity index (χ3n) is 2.90. The van der Waals surface area contributed by atoms with Crippen LogP contribution in [0.3, 0.4) is 0 Å². The Hall–Kier alpha value is -1.55. The molecule has 1 aromatic rings. The van der Waals surface area contributed by atoms with Crippen LogP contribution in [0.15, 0.2) is 30.3 Å². The Bertz CT molecular complexity index is 372. The molecule has 0 bridgehead atoms. The lowest BCUT2D eigenvalue weighted by Crippen LogP contribution is -2.55. The maximum atomic E-state index is 11.5. The van der Waals surface area contributed by atoms with Gasteiger partial charge < -0.3 is 4.74 Å². The topological polar surface area (TPSA) is 41.6 Å². The van der Waals surface area contributed by atoms with E-state index in [1.54, 1.807) is 0 Å². The van der Waals surface area contributed by atoms with E-state index in [-0.39, 0.29) is 12.2 Å². The standard InChI is InChI=1S/C13H18N2O2/c1-10(2)15-8-12(9-15)17-13(16)14-11-6-4-3-5-7-11/h3-7,10,12H,8-9H2,1-2H3,(H,14,16). The van der Waals surface area contributed by atoms with E-state index in [1.165, 1.54) is 0 Å². The molecule has 1 N–H and O–H groups in total. The number of ether oxygens (including phenoxy) is 1. The zero-order valence-corrected chi connectivity index (χ0v) is 10.2. The molecule has 1 fully saturated rings. The molecular weight excluding hydrogens is 216 g/mol. The van der Waals surface area contributed by atoms with E-state index in [4.69, 9.17) is 4.74 Å². The van der Waals surface area contributed by atoms with Gasteiger partial charge in [-0.3, -0.25) is 10.2 Å². The van der Waals surface area contributed by atoms with Gasteiger partial charge in [-0.25, -0.2) is 4.79 Å². The lowest BCUT2D eigenvalue weighted by atomic mass is 10.1. The molecule has 92 valence electrons. The zero-order valence-electron chi connectivity index (χ0n) is 10.2. The second kappa shape index (κ2) is 5.19. The average Bonchev–Trinajstić information content (AvgIpc) is 2.23. The minimum absolute atomic E-state index is 0.0288. The van der Waals surface area contributed by atoms with Crippen molar-refractivity contribution in [3.8, 4) is 0 Å². The molecule has 1 aliphatic rings. The maximum absolute atomic E-state index is 11.5. The van der Waals surface area contributed by atoms with Crippen LogP contribution >= 0.6 is 0 Å². The van der Waals surface area contributed by atoms with E-state index in [1.807, 2.05) is 30.3 Å². The molecule has 0 saturated carbocycles. The van der Waals surface area contributed by atoms with Crippen LogP contribution in [0.1, 0.15) is 13.8 Å². The molecular formula is C13H18N2O2. The largest absolute Gasteiger partial charge is 0.443 e. The van der Waals surface area contributed by atoms with E-state index in [2.05, 4.69) is 24.1 Å². The van der Waals surface area contributed by atoms with Crippen LogP contribution in [0.5, 0.6) is 0 Å². The minimum Gasteiger partial charge on any atom is -0.443 e. The first-order valence-corrected chi connectivity index (χ1v) is 5.92. The van der Waals surface area contributed by atoms with Crippen LogP contribution in [0.2, 0.25) is 0 Å². The molecule has 2 rings (SSSR count). The number of hydrogen-bond acceptors (Lipinski definition) is 3. The highest BCUT2D eigenvalue weighted by Crippen LogP contribution is 2.15. The number of nitrogens with one attached hydrogen (secondary N) is 1. The maximum Gasteiger partial charge on any atom is 0.411 e. The van der Waals surface area contributed by atoms with E-state index >= 15 is 0 Å². The van der Waals surface area contributed by atoms with E-state index in [0.29, 0.717) is 6.04 Å². The first kappa shape index (κ1) is 11.9. The second-order valence-electron chi connectivity index (χ2n) is 4.57. The fourth-order valence-corrected chi connectivity index (χ4v) is 1.79. The number of hydrogen-bond donors (Lipinski definition) is 1. The fourth-order valence-electron chi connectivity index (χ4n) is 1.79. The number of benzene rings is 1. The van der Waals surface area contributed by atoms with Crippen LogP contribution < -0.4 is 5.32 Å². The Morgan fingerprint density at radius 3 is 2.59 bits per heavy atom. The van der Waals surface area contributed by atoms with Crippen LogP contribution in [0, 0.1) is 0 Å².